The summed E-state index contributed by atoms with van der Waals surface area (Å²) in [5.74, 6) is 0.546. The van der Waals surface area contributed by atoms with E-state index in [1.807, 2.05) is 12.1 Å². The molecule has 5 nitrogen and oxygen atoms in total. The number of benzene rings is 1. The standard InChI is InChI=1S/C15H20N2O3/c1-19-15(6-3-7-15)10-17-14(18)11-4-2-5-12-13(11)20-9-8-16-12/h2,4-5,16H,3,6-10H2,1H3,(H,17,18). The van der Waals surface area contributed by atoms with Gasteiger partial charge in [-0.25, -0.2) is 0 Å². The van der Waals surface area contributed by atoms with Gasteiger partial charge in [-0.1, -0.05) is 6.07 Å². The topological polar surface area (TPSA) is 59.6 Å². The quantitative estimate of drug-likeness (QED) is 0.880. The van der Waals surface area contributed by atoms with Crippen molar-refractivity contribution in [3.63, 3.8) is 0 Å². The lowest BCUT2D eigenvalue weighted by atomic mass is 9.80. The van der Waals surface area contributed by atoms with Crippen LogP contribution in [0.3, 0.4) is 0 Å². The number of carbonyl (C=O) groups is 1. The number of ether oxygens (including phenoxy) is 2. The van der Waals surface area contributed by atoms with Crippen LogP contribution in [0.25, 0.3) is 0 Å². The molecule has 108 valence electrons. The Hall–Kier alpha value is -1.75. The Bertz CT molecular complexity index is 506. The molecule has 0 bridgehead atoms. The number of para-hydroxylation sites is 1. The number of methoxy groups -OCH3 is 1. The molecule has 1 saturated carbocycles. The van der Waals surface area contributed by atoms with E-state index in [0.29, 0.717) is 24.5 Å². The fourth-order valence-electron chi connectivity index (χ4n) is 2.71. The average molecular weight is 276 g/mol. The Kier molecular flexibility index (Phi) is 3.53. The Morgan fingerprint density at radius 2 is 2.35 bits per heavy atom. The van der Waals surface area contributed by atoms with Crippen LogP contribution < -0.4 is 15.4 Å². The van der Waals surface area contributed by atoms with Crippen LogP contribution in [0.2, 0.25) is 0 Å². The molecular formula is C15H20N2O3. The second-order valence-corrected chi connectivity index (χ2v) is 5.38. The largest absolute Gasteiger partial charge is 0.489 e. The second-order valence-electron chi connectivity index (χ2n) is 5.38. The molecule has 0 atom stereocenters. The molecule has 0 saturated heterocycles. The summed E-state index contributed by atoms with van der Waals surface area (Å²) in [6, 6.07) is 5.58. The van der Waals surface area contributed by atoms with Crippen molar-refractivity contribution < 1.29 is 14.3 Å². The van der Waals surface area contributed by atoms with E-state index in [1.165, 1.54) is 0 Å². The molecule has 1 aliphatic carbocycles. The highest BCUT2D eigenvalue weighted by Crippen LogP contribution is 2.35. The highest BCUT2D eigenvalue weighted by molar-refractivity contribution is 5.99. The minimum absolute atomic E-state index is 0.103. The lowest BCUT2D eigenvalue weighted by Crippen LogP contribution is -2.49. The van der Waals surface area contributed by atoms with Crippen LogP contribution in [-0.2, 0) is 4.74 Å². The third-order valence-electron chi connectivity index (χ3n) is 4.19. The van der Waals surface area contributed by atoms with Crippen LogP contribution in [0.15, 0.2) is 18.2 Å². The van der Waals surface area contributed by atoms with Crippen molar-refractivity contribution >= 4 is 11.6 Å². The highest BCUT2D eigenvalue weighted by atomic mass is 16.5. The molecule has 20 heavy (non-hydrogen) atoms. The number of hydrogen-bond acceptors (Lipinski definition) is 4. The van der Waals surface area contributed by atoms with E-state index in [0.717, 1.165) is 31.5 Å². The van der Waals surface area contributed by atoms with Gasteiger partial charge in [0.2, 0.25) is 0 Å². The first-order valence-corrected chi connectivity index (χ1v) is 7.07. The molecule has 1 fully saturated rings. The number of amides is 1. The number of fused-ring (bicyclic) bond motifs is 1. The molecule has 2 aliphatic rings. The van der Waals surface area contributed by atoms with Crippen LogP contribution >= 0.6 is 0 Å². The van der Waals surface area contributed by atoms with Gasteiger partial charge in [0.15, 0.2) is 5.75 Å². The maximum Gasteiger partial charge on any atom is 0.255 e. The number of rotatable bonds is 4. The summed E-state index contributed by atoms with van der Waals surface area (Å²) >= 11 is 0. The SMILES string of the molecule is COC1(CNC(=O)c2cccc3c2OCCN3)CCC1. The zero-order valence-corrected chi connectivity index (χ0v) is 11.7. The molecule has 1 aromatic carbocycles. The highest BCUT2D eigenvalue weighted by Gasteiger charge is 2.37. The smallest absolute Gasteiger partial charge is 0.255 e. The average Bonchev–Trinajstić information content (AvgIpc) is 2.46. The van der Waals surface area contributed by atoms with E-state index in [9.17, 15) is 4.79 Å². The minimum Gasteiger partial charge on any atom is -0.489 e. The lowest BCUT2D eigenvalue weighted by molar-refractivity contribution is -0.0679. The third kappa shape index (κ3) is 2.33. The van der Waals surface area contributed by atoms with Crippen LogP contribution in [-0.4, -0.2) is 38.3 Å². The van der Waals surface area contributed by atoms with Crippen molar-refractivity contribution in [2.24, 2.45) is 0 Å². The Labute approximate surface area is 118 Å². The summed E-state index contributed by atoms with van der Waals surface area (Å²) in [5.41, 5.74) is 1.30. The molecule has 1 aliphatic heterocycles. The molecular weight excluding hydrogens is 256 g/mol. The zero-order valence-electron chi connectivity index (χ0n) is 11.7. The Balaban J connectivity index is 1.71. The van der Waals surface area contributed by atoms with Gasteiger partial charge in [0.25, 0.3) is 5.91 Å². The van der Waals surface area contributed by atoms with Crippen LogP contribution in [0.4, 0.5) is 5.69 Å². The van der Waals surface area contributed by atoms with Gasteiger partial charge < -0.3 is 20.1 Å². The Morgan fingerprint density at radius 1 is 1.50 bits per heavy atom. The van der Waals surface area contributed by atoms with Crippen molar-refractivity contribution in [1.29, 1.82) is 0 Å². The van der Waals surface area contributed by atoms with Gasteiger partial charge in [0.1, 0.15) is 6.61 Å². The molecule has 0 radical (unpaired) electrons. The molecule has 1 amide bonds. The fourth-order valence-corrected chi connectivity index (χ4v) is 2.71. The van der Waals surface area contributed by atoms with E-state index in [4.69, 9.17) is 9.47 Å². The van der Waals surface area contributed by atoms with E-state index >= 15 is 0 Å². The van der Waals surface area contributed by atoms with Gasteiger partial charge in [-0.2, -0.15) is 0 Å². The molecule has 0 unspecified atom stereocenters. The van der Waals surface area contributed by atoms with Crippen molar-refractivity contribution in [2.45, 2.75) is 24.9 Å². The van der Waals surface area contributed by atoms with Crippen LogP contribution in [0.5, 0.6) is 5.75 Å². The molecule has 2 N–H and O–H groups in total. The van der Waals surface area contributed by atoms with Crippen molar-refractivity contribution in [2.75, 3.05) is 32.1 Å². The summed E-state index contributed by atoms with van der Waals surface area (Å²) in [5, 5.41) is 6.21. The number of carbonyl (C=O) groups excluding carboxylic acids is 1. The van der Waals surface area contributed by atoms with Gasteiger partial charge in [0.05, 0.1) is 16.9 Å². The van der Waals surface area contributed by atoms with E-state index < -0.39 is 0 Å². The predicted octanol–water partition coefficient (Wildman–Crippen LogP) is 1.79. The summed E-state index contributed by atoms with van der Waals surface area (Å²) in [4.78, 5) is 12.3. The Morgan fingerprint density at radius 3 is 3.05 bits per heavy atom. The summed E-state index contributed by atoms with van der Waals surface area (Å²) < 4.78 is 11.1. The zero-order chi connectivity index (χ0) is 14.0. The summed E-state index contributed by atoms with van der Waals surface area (Å²) in [6.45, 7) is 1.91. The maximum absolute atomic E-state index is 12.3. The maximum atomic E-state index is 12.3. The summed E-state index contributed by atoms with van der Waals surface area (Å²) in [7, 11) is 1.71. The molecule has 5 heteroatoms. The molecule has 1 aromatic rings. The molecule has 3 rings (SSSR count). The van der Waals surface area contributed by atoms with Crippen molar-refractivity contribution in [1.82, 2.24) is 5.32 Å². The first-order valence-electron chi connectivity index (χ1n) is 7.07. The first-order chi connectivity index (χ1) is 9.74. The van der Waals surface area contributed by atoms with Gasteiger partial charge >= 0.3 is 0 Å². The third-order valence-corrected chi connectivity index (χ3v) is 4.19. The van der Waals surface area contributed by atoms with E-state index in [2.05, 4.69) is 10.6 Å². The number of anilines is 1. The van der Waals surface area contributed by atoms with E-state index in [-0.39, 0.29) is 11.5 Å². The fraction of sp³-hybridized carbons (Fsp3) is 0.533. The molecule has 0 spiro atoms. The van der Waals surface area contributed by atoms with Crippen LogP contribution in [0, 0.1) is 0 Å². The summed E-state index contributed by atoms with van der Waals surface area (Å²) in [6.07, 6.45) is 3.18. The van der Waals surface area contributed by atoms with Crippen LogP contribution in [0.1, 0.15) is 29.6 Å². The first kappa shape index (κ1) is 13.2. The van der Waals surface area contributed by atoms with Gasteiger partial charge in [-0.05, 0) is 31.4 Å². The number of nitrogens with one attached hydrogen (secondary N) is 2. The monoisotopic (exact) mass is 276 g/mol. The molecule has 1 heterocycles. The van der Waals surface area contributed by atoms with Crippen molar-refractivity contribution in [3.8, 4) is 5.75 Å². The second kappa shape index (κ2) is 5.32. The van der Waals surface area contributed by atoms with Crippen molar-refractivity contribution in [3.05, 3.63) is 23.8 Å². The predicted molar refractivity (Wildman–Crippen MR) is 76.4 cm³/mol. The molecule has 0 aromatic heterocycles. The van der Waals surface area contributed by atoms with E-state index in [1.54, 1.807) is 13.2 Å². The number of hydrogen-bond donors (Lipinski definition) is 2. The van der Waals surface area contributed by atoms with Gasteiger partial charge in [-0.3, -0.25) is 4.79 Å². The van der Waals surface area contributed by atoms with Gasteiger partial charge in [0, 0.05) is 20.2 Å². The normalized spacial score (nSPS) is 19.1. The lowest BCUT2D eigenvalue weighted by Gasteiger charge is -2.40. The minimum atomic E-state index is -0.163. The van der Waals surface area contributed by atoms with Gasteiger partial charge in [-0.15, -0.1) is 0 Å².